The van der Waals surface area contributed by atoms with E-state index in [2.05, 4.69) is 211 Å². The number of benzene rings is 6. The Morgan fingerprint density at radius 2 is 0.726 bits per heavy atom. The molecule has 11 rings (SSSR count). The number of methoxy groups -OCH3 is 1. The summed E-state index contributed by atoms with van der Waals surface area (Å²) in [6.45, 7) is 51.7. The van der Waals surface area contributed by atoms with Crippen LogP contribution >= 0.6 is 0 Å². The maximum atomic E-state index is 5.90. The van der Waals surface area contributed by atoms with Gasteiger partial charge in [0.2, 0.25) is 0 Å². The molecule has 620 valence electrons. The highest BCUT2D eigenvalue weighted by molar-refractivity contribution is 5.39. The second-order valence-electron chi connectivity index (χ2n) is 30.9. The van der Waals surface area contributed by atoms with Gasteiger partial charge in [0.1, 0.15) is 46.0 Å². The standard InChI is InChI=1S/C12H17NO.C12H16O.2C12H18O.3C11H16O.C10H15NO2.C9H13NO/c1-10-9-12(7-8-13-10)14-11-5-3-2-4-6-11;1-10-5-4-8-12(9-10)13-11-6-2-3-7-11;1-9(2)11(4)13-12-7-5-6-10(3)8-12;1-4-11(5-2)13-12-8-6-7-10(3)9-12;1-8(2)12-11-7-9(3)5-6-10(11)4;2*1-4-10(3)12-11-7-5-6-9(2)8-11;1-7(2)13-9-5-8(3)11-6-10(9)12-4;1-7(2)11-9-4-8(3)5-10-6-9/h7-9,11H,2-6H2,1H3;4-5,8-9,11H,2-3,6-7H2,1H3;5-9,11H,1-4H3;6-9,11H,4-5H2,1-3H3;5-8H,1-4H3;2*5-8,10H,4H2,1-3H3;5-7H,1-4H3;4-7H,1-3H3/t;;;;;2*10-;;/m.....10../s1. The van der Waals surface area contributed by atoms with Gasteiger partial charge in [-0.15, -0.1) is 0 Å². The number of aryl methyl sites for hydroxylation is 10. The van der Waals surface area contributed by atoms with Crippen molar-refractivity contribution < 1.29 is 47.4 Å². The number of nitrogens with zero attached hydrogens (tertiary/aromatic N) is 3. The van der Waals surface area contributed by atoms with E-state index in [1.165, 1.54) is 96.7 Å². The molecule has 0 radical (unpaired) electrons. The largest absolute Gasteiger partial charge is 0.491 e. The van der Waals surface area contributed by atoms with E-state index >= 15 is 0 Å². The Bertz CT molecular complexity index is 3810. The Kier molecular flexibility index (Phi) is 48.6. The van der Waals surface area contributed by atoms with Gasteiger partial charge in [0.15, 0.2) is 11.5 Å². The first-order valence-corrected chi connectivity index (χ1v) is 41.6. The van der Waals surface area contributed by atoms with E-state index in [0.717, 1.165) is 94.4 Å². The molecule has 2 aliphatic rings. The van der Waals surface area contributed by atoms with Crippen LogP contribution in [0, 0.1) is 75.2 Å². The van der Waals surface area contributed by atoms with Crippen LogP contribution in [0.15, 0.2) is 189 Å². The van der Waals surface area contributed by atoms with Gasteiger partial charge in [-0.25, -0.2) is 0 Å². The molecule has 13 heteroatoms. The second-order valence-corrected chi connectivity index (χ2v) is 30.9. The quantitative estimate of drug-likeness (QED) is 0.0569. The van der Waals surface area contributed by atoms with Crippen LogP contribution < -0.4 is 47.4 Å². The number of pyridine rings is 3. The fraction of sp³-hybridized carbons (Fsp3) is 0.490. The highest BCUT2D eigenvalue weighted by atomic mass is 16.5. The molecular weight excluding hydrogens is 1400 g/mol. The van der Waals surface area contributed by atoms with Crippen molar-refractivity contribution in [2.45, 2.75) is 311 Å². The molecule has 3 aromatic heterocycles. The molecule has 6 aromatic carbocycles. The van der Waals surface area contributed by atoms with E-state index in [9.17, 15) is 0 Å². The molecule has 9 aromatic rings. The Morgan fingerprint density at radius 1 is 0.327 bits per heavy atom. The van der Waals surface area contributed by atoms with Crippen molar-refractivity contribution in [2.75, 3.05) is 7.11 Å². The van der Waals surface area contributed by atoms with Crippen molar-refractivity contribution in [3.05, 3.63) is 244 Å². The van der Waals surface area contributed by atoms with E-state index < -0.39 is 0 Å². The van der Waals surface area contributed by atoms with Gasteiger partial charge in [-0.1, -0.05) is 121 Å². The fourth-order valence-electron chi connectivity index (χ4n) is 11.2. The Labute approximate surface area is 685 Å². The maximum Gasteiger partial charge on any atom is 0.179 e. The van der Waals surface area contributed by atoms with Crippen molar-refractivity contribution in [1.29, 1.82) is 0 Å². The molecule has 1 unspecified atom stereocenters. The lowest BCUT2D eigenvalue weighted by atomic mass is 9.98. The number of hydrogen-bond acceptors (Lipinski definition) is 13. The summed E-state index contributed by atoms with van der Waals surface area (Å²) >= 11 is 0. The van der Waals surface area contributed by atoms with Gasteiger partial charge in [-0.3, -0.25) is 15.0 Å². The molecule has 0 amide bonds. The minimum absolute atomic E-state index is 0.149. The third-order valence-electron chi connectivity index (χ3n) is 18.1. The first kappa shape index (κ1) is 98.0. The van der Waals surface area contributed by atoms with Crippen molar-refractivity contribution in [1.82, 2.24) is 15.0 Å². The second kappa shape index (κ2) is 56.1. The number of ether oxygens (including phenoxy) is 10. The van der Waals surface area contributed by atoms with E-state index in [0.29, 0.717) is 42.2 Å². The van der Waals surface area contributed by atoms with Crippen LogP contribution in [0.2, 0.25) is 0 Å². The molecule has 0 N–H and O–H groups in total. The topological polar surface area (TPSA) is 131 Å². The number of rotatable bonds is 24. The number of hydrogen-bond donors (Lipinski definition) is 0. The molecule has 2 saturated carbocycles. The molecule has 0 spiro atoms. The predicted molar refractivity (Wildman–Crippen MR) is 474 cm³/mol. The zero-order valence-electron chi connectivity index (χ0n) is 74.3. The summed E-state index contributed by atoms with van der Waals surface area (Å²) in [5.41, 5.74) is 11.8. The van der Waals surface area contributed by atoms with Gasteiger partial charge in [0.05, 0.1) is 74.4 Å². The zero-order chi connectivity index (χ0) is 83.6. The molecule has 0 aliphatic heterocycles. The van der Waals surface area contributed by atoms with Crippen LogP contribution in [0.4, 0.5) is 0 Å². The average Bonchev–Trinajstić information content (AvgIpc) is 1.25. The number of aromatic nitrogens is 3. The summed E-state index contributed by atoms with van der Waals surface area (Å²) in [6.07, 6.45) is 25.6. The third-order valence-corrected chi connectivity index (χ3v) is 18.1. The van der Waals surface area contributed by atoms with Crippen LogP contribution in [0.1, 0.15) is 243 Å². The van der Waals surface area contributed by atoms with Crippen molar-refractivity contribution in [2.24, 2.45) is 5.92 Å². The smallest absolute Gasteiger partial charge is 0.179 e. The highest BCUT2D eigenvalue weighted by Crippen LogP contribution is 2.29. The Hall–Kier alpha value is -9.23. The van der Waals surface area contributed by atoms with Gasteiger partial charge in [0, 0.05) is 35.9 Å². The van der Waals surface area contributed by atoms with Crippen LogP contribution in [-0.4, -0.2) is 77.0 Å². The summed E-state index contributed by atoms with van der Waals surface area (Å²) in [6, 6.07) is 55.1. The van der Waals surface area contributed by atoms with E-state index in [4.69, 9.17) is 47.4 Å². The predicted octanol–water partition coefficient (Wildman–Crippen LogP) is 27.2. The summed E-state index contributed by atoms with van der Waals surface area (Å²) in [4.78, 5) is 12.3. The summed E-state index contributed by atoms with van der Waals surface area (Å²) in [7, 11) is 1.61. The van der Waals surface area contributed by atoms with Crippen LogP contribution in [0.3, 0.4) is 0 Å². The van der Waals surface area contributed by atoms with Crippen molar-refractivity contribution in [3.63, 3.8) is 0 Å². The van der Waals surface area contributed by atoms with Gasteiger partial charge in [-0.05, 0) is 338 Å². The van der Waals surface area contributed by atoms with Crippen LogP contribution in [0.25, 0.3) is 0 Å². The average molecular weight is 1550 g/mol. The monoisotopic (exact) mass is 1550 g/mol. The van der Waals surface area contributed by atoms with Gasteiger partial charge >= 0.3 is 0 Å². The van der Waals surface area contributed by atoms with E-state index in [1.807, 2.05) is 154 Å². The zero-order valence-corrected chi connectivity index (χ0v) is 74.3. The fourth-order valence-corrected chi connectivity index (χ4v) is 11.2. The molecule has 2 aliphatic carbocycles. The van der Waals surface area contributed by atoms with E-state index in [-0.39, 0.29) is 24.4 Å². The van der Waals surface area contributed by atoms with Crippen molar-refractivity contribution >= 4 is 0 Å². The lowest BCUT2D eigenvalue weighted by Crippen LogP contribution is -2.19. The Balaban J connectivity index is 0.000000329. The summed E-state index contributed by atoms with van der Waals surface area (Å²) < 4.78 is 56.3. The molecule has 0 bridgehead atoms. The highest BCUT2D eigenvalue weighted by Gasteiger charge is 2.18. The summed E-state index contributed by atoms with van der Waals surface area (Å²) in [5.74, 6) is 9.77. The molecule has 13 nitrogen and oxygen atoms in total. The molecular formula is C100H145N3O10. The molecule has 0 saturated heterocycles. The minimum Gasteiger partial charge on any atom is -0.491 e. The molecule has 3 atom stereocenters. The Morgan fingerprint density at radius 3 is 1.14 bits per heavy atom. The lowest BCUT2D eigenvalue weighted by Gasteiger charge is -2.22. The lowest BCUT2D eigenvalue weighted by molar-refractivity contribution is 0.155. The molecule has 113 heavy (non-hydrogen) atoms. The first-order valence-electron chi connectivity index (χ1n) is 41.6. The van der Waals surface area contributed by atoms with Gasteiger partial charge in [0.25, 0.3) is 0 Å². The normalized spacial score (nSPS) is 12.9. The van der Waals surface area contributed by atoms with Crippen molar-refractivity contribution in [3.8, 4) is 57.5 Å². The molecule has 2 fully saturated rings. The third kappa shape index (κ3) is 45.3. The van der Waals surface area contributed by atoms with E-state index in [1.54, 1.807) is 19.5 Å². The first-order chi connectivity index (χ1) is 53.9. The summed E-state index contributed by atoms with van der Waals surface area (Å²) in [5, 5.41) is 0. The minimum atomic E-state index is 0.149. The maximum absolute atomic E-state index is 5.90. The van der Waals surface area contributed by atoms with Crippen LogP contribution in [0.5, 0.6) is 57.5 Å². The molecule has 3 heterocycles. The van der Waals surface area contributed by atoms with Gasteiger partial charge < -0.3 is 47.4 Å². The van der Waals surface area contributed by atoms with Crippen LogP contribution in [-0.2, 0) is 0 Å². The van der Waals surface area contributed by atoms with Gasteiger partial charge in [-0.2, -0.15) is 0 Å². The SMILES string of the molecule is CCC(CC)Oc1cccc(C)c1.CC[C@@H](C)Oc1cccc(C)c1.CC[C@H](C)Oc1cccc(C)c1.COc1cnc(C)cc1OC(C)C.Cc1cc(OC2CCCCC2)ccn1.Cc1ccc(C)c(OC(C)C)c1.Cc1cccc(OC(C)C(C)C)c1.Cc1cccc(OC2CCCC2)c1.Cc1cncc(OC(C)C)c1.